The highest BCUT2D eigenvalue weighted by molar-refractivity contribution is 14.0. The molecule has 0 radical (unpaired) electrons. The maximum absolute atomic E-state index is 11.7. The minimum absolute atomic E-state index is 0. The summed E-state index contributed by atoms with van der Waals surface area (Å²) in [6, 6.07) is 13.4. The highest BCUT2D eigenvalue weighted by atomic mass is 127. The Hall–Kier alpha value is -1.83. The van der Waals surface area contributed by atoms with Gasteiger partial charge in [-0.2, -0.15) is 0 Å². The summed E-state index contributed by atoms with van der Waals surface area (Å²) in [5, 5.41) is 6.63. The van der Waals surface area contributed by atoms with Gasteiger partial charge in [-0.3, -0.25) is 9.79 Å². The smallest absolute Gasteiger partial charge is 0.250 e. The van der Waals surface area contributed by atoms with Crippen LogP contribution >= 0.6 is 24.0 Å². The van der Waals surface area contributed by atoms with Crippen LogP contribution in [0.2, 0.25) is 0 Å². The average molecular weight is 454 g/mol. The monoisotopic (exact) mass is 454 g/mol. The quantitative estimate of drug-likeness (QED) is 0.425. The summed E-state index contributed by atoms with van der Waals surface area (Å²) >= 11 is 0. The van der Waals surface area contributed by atoms with Crippen molar-refractivity contribution in [2.75, 3.05) is 7.05 Å². The maximum Gasteiger partial charge on any atom is 0.250 e. The molecule has 0 aliphatic carbocycles. The molecule has 0 saturated carbocycles. The molecule has 1 aromatic carbocycles. The Morgan fingerprint density at radius 3 is 2.28 bits per heavy atom. The van der Waals surface area contributed by atoms with Crippen LogP contribution in [-0.4, -0.2) is 23.1 Å². The van der Waals surface area contributed by atoms with Crippen molar-refractivity contribution in [1.82, 2.24) is 15.2 Å². The van der Waals surface area contributed by atoms with Crippen molar-refractivity contribution in [3.05, 3.63) is 70.1 Å². The number of benzene rings is 1. The molecule has 6 heteroatoms. The number of nitrogens with one attached hydrogen (secondary N) is 2. The van der Waals surface area contributed by atoms with Crippen LogP contribution in [0.25, 0.3) is 0 Å². The SMILES string of the molecule is CN=C(NCc1ccc(Cn2ccccc2=O)cc1)NC(C)(C)C.I. The van der Waals surface area contributed by atoms with Crippen LogP contribution in [-0.2, 0) is 13.1 Å². The lowest BCUT2D eigenvalue weighted by molar-refractivity contribution is 0.501. The van der Waals surface area contributed by atoms with E-state index in [4.69, 9.17) is 0 Å². The Bertz CT molecular complexity index is 745. The first-order valence-electron chi connectivity index (χ1n) is 8.09. The minimum Gasteiger partial charge on any atom is -0.352 e. The van der Waals surface area contributed by atoms with E-state index in [9.17, 15) is 4.79 Å². The molecule has 0 fully saturated rings. The van der Waals surface area contributed by atoms with Gasteiger partial charge in [-0.05, 0) is 38.0 Å². The lowest BCUT2D eigenvalue weighted by Gasteiger charge is -2.23. The fraction of sp³-hybridized carbons (Fsp3) is 0.368. The van der Waals surface area contributed by atoms with E-state index in [1.165, 1.54) is 0 Å². The van der Waals surface area contributed by atoms with Crippen molar-refractivity contribution in [2.45, 2.75) is 39.4 Å². The zero-order valence-corrected chi connectivity index (χ0v) is 17.6. The molecule has 0 amide bonds. The van der Waals surface area contributed by atoms with Gasteiger partial charge in [-0.1, -0.05) is 30.3 Å². The highest BCUT2D eigenvalue weighted by Crippen LogP contribution is 2.06. The van der Waals surface area contributed by atoms with E-state index < -0.39 is 0 Å². The van der Waals surface area contributed by atoms with Crippen LogP contribution < -0.4 is 16.2 Å². The normalized spacial score (nSPS) is 11.6. The Kier molecular flexibility index (Phi) is 8.15. The van der Waals surface area contributed by atoms with Gasteiger partial charge in [0.1, 0.15) is 0 Å². The Morgan fingerprint density at radius 2 is 1.72 bits per heavy atom. The summed E-state index contributed by atoms with van der Waals surface area (Å²) in [7, 11) is 1.77. The lowest BCUT2D eigenvalue weighted by Crippen LogP contribution is -2.47. The molecule has 2 N–H and O–H groups in total. The van der Waals surface area contributed by atoms with Crippen molar-refractivity contribution < 1.29 is 0 Å². The third-order valence-corrected chi connectivity index (χ3v) is 3.45. The molecule has 2 rings (SSSR count). The molecule has 0 spiro atoms. The number of guanidine groups is 1. The predicted octanol–water partition coefficient (Wildman–Crippen LogP) is 2.98. The van der Waals surface area contributed by atoms with E-state index in [1.807, 2.05) is 6.07 Å². The molecule has 1 aromatic heterocycles. The van der Waals surface area contributed by atoms with Gasteiger partial charge in [0.05, 0.1) is 6.54 Å². The second-order valence-corrected chi connectivity index (χ2v) is 6.78. The fourth-order valence-corrected chi connectivity index (χ4v) is 2.27. The number of halogens is 1. The molecule has 0 unspecified atom stereocenters. The van der Waals surface area contributed by atoms with Crippen molar-refractivity contribution in [1.29, 1.82) is 0 Å². The molecule has 0 atom stereocenters. The van der Waals surface area contributed by atoms with Gasteiger partial charge in [0, 0.05) is 31.4 Å². The van der Waals surface area contributed by atoms with Gasteiger partial charge in [0.15, 0.2) is 5.96 Å². The minimum atomic E-state index is -0.0331. The first kappa shape index (κ1) is 21.2. The van der Waals surface area contributed by atoms with Crippen LogP contribution in [0.4, 0.5) is 0 Å². The Labute approximate surface area is 166 Å². The summed E-state index contributed by atoms with van der Waals surface area (Å²) in [4.78, 5) is 16.0. The van der Waals surface area contributed by atoms with Gasteiger partial charge in [-0.15, -0.1) is 24.0 Å². The summed E-state index contributed by atoms with van der Waals surface area (Å²) in [6.07, 6.45) is 1.81. The standard InChI is InChI=1S/C19H26N4O.HI/c1-19(2,3)22-18(20-4)21-13-15-8-10-16(11-9-15)14-23-12-6-5-7-17(23)24;/h5-12H,13-14H2,1-4H3,(H2,20,21,22);1H. The van der Waals surface area contributed by atoms with Gasteiger partial charge in [-0.25, -0.2) is 0 Å². The average Bonchev–Trinajstić information content (AvgIpc) is 2.54. The molecule has 0 aliphatic rings. The van der Waals surface area contributed by atoms with Crippen LogP contribution in [0.1, 0.15) is 31.9 Å². The highest BCUT2D eigenvalue weighted by Gasteiger charge is 2.11. The summed E-state index contributed by atoms with van der Waals surface area (Å²) in [6.45, 7) is 7.57. The number of rotatable bonds is 4. The number of nitrogens with zero attached hydrogens (tertiary/aromatic N) is 2. The summed E-state index contributed by atoms with van der Waals surface area (Å²) in [5.74, 6) is 0.780. The maximum atomic E-state index is 11.7. The van der Waals surface area contributed by atoms with Crippen molar-refractivity contribution in [2.24, 2.45) is 4.99 Å². The molecular weight excluding hydrogens is 427 g/mol. The van der Waals surface area contributed by atoms with Crippen molar-refractivity contribution >= 4 is 29.9 Å². The number of aliphatic imine (C=N–C) groups is 1. The zero-order valence-electron chi connectivity index (χ0n) is 15.2. The number of hydrogen-bond donors (Lipinski definition) is 2. The second kappa shape index (κ2) is 9.60. The van der Waals surface area contributed by atoms with Gasteiger partial charge < -0.3 is 15.2 Å². The topological polar surface area (TPSA) is 58.4 Å². The first-order valence-corrected chi connectivity index (χ1v) is 8.09. The summed E-state index contributed by atoms with van der Waals surface area (Å²) < 4.78 is 1.70. The van der Waals surface area contributed by atoms with E-state index in [1.54, 1.807) is 29.9 Å². The number of pyridine rings is 1. The molecular formula is C19H27IN4O. The van der Waals surface area contributed by atoms with Crippen LogP contribution in [0.5, 0.6) is 0 Å². The van der Waals surface area contributed by atoms with E-state index in [0.717, 1.165) is 17.1 Å². The first-order chi connectivity index (χ1) is 11.4. The van der Waals surface area contributed by atoms with Crippen LogP contribution in [0.15, 0.2) is 58.4 Å². The third kappa shape index (κ3) is 7.29. The van der Waals surface area contributed by atoms with E-state index in [2.05, 4.69) is 60.7 Å². The number of aromatic nitrogens is 1. The largest absolute Gasteiger partial charge is 0.352 e. The van der Waals surface area contributed by atoms with Crippen molar-refractivity contribution in [3.8, 4) is 0 Å². The molecule has 136 valence electrons. The van der Waals surface area contributed by atoms with E-state index in [-0.39, 0.29) is 35.1 Å². The lowest BCUT2D eigenvalue weighted by atomic mass is 10.1. The molecule has 0 aliphatic heterocycles. The zero-order chi connectivity index (χ0) is 17.6. The van der Waals surface area contributed by atoms with Crippen molar-refractivity contribution in [3.63, 3.8) is 0 Å². The second-order valence-electron chi connectivity index (χ2n) is 6.78. The van der Waals surface area contributed by atoms with E-state index in [0.29, 0.717) is 13.1 Å². The van der Waals surface area contributed by atoms with Gasteiger partial charge >= 0.3 is 0 Å². The Balaban J connectivity index is 0.00000312. The van der Waals surface area contributed by atoms with Crippen LogP contribution in [0.3, 0.4) is 0 Å². The third-order valence-electron chi connectivity index (χ3n) is 3.45. The molecule has 5 nitrogen and oxygen atoms in total. The molecule has 2 aromatic rings. The molecule has 0 bridgehead atoms. The van der Waals surface area contributed by atoms with Gasteiger partial charge in [0.25, 0.3) is 5.56 Å². The molecule has 0 saturated heterocycles. The summed E-state index contributed by atoms with van der Waals surface area (Å²) in [5.41, 5.74) is 2.25. The van der Waals surface area contributed by atoms with E-state index >= 15 is 0 Å². The van der Waals surface area contributed by atoms with Gasteiger partial charge in [0.2, 0.25) is 0 Å². The number of hydrogen-bond acceptors (Lipinski definition) is 2. The molecule has 25 heavy (non-hydrogen) atoms. The Morgan fingerprint density at radius 1 is 1.08 bits per heavy atom. The molecule has 1 heterocycles. The fourth-order valence-electron chi connectivity index (χ4n) is 2.27. The predicted molar refractivity (Wildman–Crippen MR) is 115 cm³/mol. The van der Waals surface area contributed by atoms with Crippen LogP contribution in [0, 0.1) is 0 Å².